The van der Waals surface area contributed by atoms with Crippen LogP contribution < -0.4 is 10.2 Å². The van der Waals surface area contributed by atoms with Gasteiger partial charge in [0.25, 0.3) is 5.91 Å². The first-order valence-electron chi connectivity index (χ1n) is 8.76. The molecule has 0 saturated heterocycles. The smallest absolute Gasteiger partial charge is 0.337 e. The molecule has 0 aliphatic rings. The van der Waals surface area contributed by atoms with E-state index in [9.17, 15) is 9.59 Å². The minimum absolute atomic E-state index is 0.301. The van der Waals surface area contributed by atoms with Gasteiger partial charge in [0.2, 0.25) is 0 Å². The van der Waals surface area contributed by atoms with E-state index < -0.39 is 5.97 Å². The second-order valence-electron chi connectivity index (χ2n) is 6.30. The van der Waals surface area contributed by atoms with E-state index in [0.717, 1.165) is 5.69 Å². The lowest BCUT2D eigenvalue weighted by Gasteiger charge is -2.19. The van der Waals surface area contributed by atoms with Crippen LogP contribution in [0.1, 0.15) is 26.3 Å². The summed E-state index contributed by atoms with van der Waals surface area (Å²) in [7, 11) is 3.27. The number of amides is 1. The number of benzene rings is 2. The number of esters is 1. The van der Waals surface area contributed by atoms with E-state index in [4.69, 9.17) is 4.74 Å². The summed E-state index contributed by atoms with van der Waals surface area (Å²) in [5.74, 6) is -0.758. The van der Waals surface area contributed by atoms with Crippen LogP contribution in [-0.2, 0) is 11.3 Å². The molecule has 1 aromatic heterocycles. The SMILES string of the molecule is COC(=O)c1cccc(NC(=O)c2cncc(N(C)Cc3ccccc3)c2)c1. The van der Waals surface area contributed by atoms with Crippen LogP contribution in [0, 0.1) is 0 Å². The molecule has 0 fully saturated rings. The fourth-order valence-corrected chi connectivity index (χ4v) is 2.75. The standard InChI is InChI=1S/C22H21N3O3/c1-25(15-16-7-4-3-5-8-16)20-12-18(13-23-14-20)21(26)24-19-10-6-9-17(11-19)22(27)28-2/h3-14H,15H2,1-2H3,(H,24,26). The molecule has 0 aliphatic heterocycles. The van der Waals surface area contributed by atoms with Gasteiger partial charge in [-0.05, 0) is 29.8 Å². The van der Waals surface area contributed by atoms with Crippen molar-refractivity contribution in [2.75, 3.05) is 24.4 Å². The molecule has 1 amide bonds. The van der Waals surface area contributed by atoms with Gasteiger partial charge >= 0.3 is 5.97 Å². The van der Waals surface area contributed by atoms with Gasteiger partial charge in [-0.15, -0.1) is 0 Å². The van der Waals surface area contributed by atoms with Gasteiger partial charge in [0.05, 0.1) is 30.1 Å². The highest BCUT2D eigenvalue weighted by Crippen LogP contribution is 2.18. The molecule has 0 atom stereocenters. The second kappa shape index (κ2) is 8.81. The van der Waals surface area contributed by atoms with Gasteiger partial charge in [-0.25, -0.2) is 4.79 Å². The van der Waals surface area contributed by atoms with Gasteiger partial charge in [-0.2, -0.15) is 0 Å². The molecule has 0 unspecified atom stereocenters. The van der Waals surface area contributed by atoms with Crippen LogP contribution >= 0.6 is 0 Å². The van der Waals surface area contributed by atoms with Crippen molar-refractivity contribution in [2.45, 2.75) is 6.54 Å². The summed E-state index contributed by atoms with van der Waals surface area (Å²) < 4.78 is 4.70. The first-order valence-corrected chi connectivity index (χ1v) is 8.76. The monoisotopic (exact) mass is 375 g/mol. The maximum absolute atomic E-state index is 12.6. The Bertz CT molecular complexity index is 974. The Kier molecular flexibility index (Phi) is 6.01. The predicted molar refractivity (Wildman–Crippen MR) is 109 cm³/mol. The second-order valence-corrected chi connectivity index (χ2v) is 6.30. The van der Waals surface area contributed by atoms with E-state index in [0.29, 0.717) is 23.4 Å². The zero-order valence-corrected chi connectivity index (χ0v) is 15.8. The number of carbonyl (C=O) groups excluding carboxylic acids is 2. The zero-order valence-electron chi connectivity index (χ0n) is 15.8. The summed E-state index contributed by atoms with van der Waals surface area (Å²) in [6, 6.07) is 18.4. The number of nitrogens with zero attached hydrogens (tertiary/aromatic N) is 2. The molecule has 0 radical (unpaired) electrons. The largest absolute Gasteiger partial charge is 0.465 e. The molecule has 6 heteroatoms. The summed E-state index contributed by atoms with van der Waals surface area (Å²) in [6.45, 7) is 0.703. The van der Waals surface area contributed by atoms with Crippen molar-refractivity contribution in [3.05, 3.63) is 89.7 Å². The summed E-state index contributed by atoms with van der Waals surface area (Å²) in [6.07, 6.45) is 3.23. The van der Waals surface area contributed by atoms with Crippen LogP contribution in [0.2, 0.25) is 0 Å². The number of nitrogens with one attached hydrogen (secondary N) is 1. The van der Waals surface area contributed by atoms with E-state index >= 15 is 0 Å². The Morgan fingerprint density at radius 1 is 1.00 bits per heavy atom. The maximum atomic E-state index is 12.6. The fraction of sp³-hybridized carbons (Fsp3) is 0.136. The van der Waals surface area contributed by atoms with Gasteiger partial charge < -0.3 is 15.0 Å². The molecule has 0 spiro atoms. The molecule has 1 N–H and O–H groups in total. The van der Waals surface area contributed by atoms with E-state index in [-0.39, 0.29) is 5.91 Å². The lowest BCUT2D eigenvalue weighted by Crippen LogP contribution is -2.18. The van der Waals surface area contributed by atoms with E-state index in [2.05, 4.69) is 22.4 Å². The minimum Gasteiger partial charge on any atom is -0.465 e. The van der Waals surface area contributed by atoms with Gasteiger partial charge in [0.1, 0.15) is 0 Å². The van der Waals surface area contributed by atoms with Gasteiger partial charge in [-0.3, -0.25) is 9.78 Å². The highest BCUT2D eigenvalue weighted by molar-refractivity contribution is 6.05. The van der Waals surface area contributed by atoms with Gasteiger partial charge in [0, 0.05) is 25.5 Å². The van der Waals surface area contributed by atoms with Crippen molar-refractivity contribution in [3.8, 4) is 0 Å². The minimum atomic E-state index is -0.456. The predicted octanol–water partition coefficient (Wildman–Crippen LogP) is 3.76. The third-order valence-corrected chi connectivity index (χ3v) is 4.23. The molecular formula is C22H21N3O3. The highest BCUT2D eigenvalue weighted by atomic mass is 16.5. The third-order valence-electron chi connectivity index (χ3n) is 4.23. The normalized spacial score (nSPS) is 10.2. The lowest BCUT2D eigenvalue weighted by molar-refractivity contribution is 0.0600. The van der Waals surface area contributed by atoms with Crippen molar-refractivity contribution >= 4 is 23.3 Å². The maximum Gasteiger partial charge on any atom is 0.337 e. The fourth-order valence-electron chi connectivity index (χ4n) is 2.75. The van der Waals surface area contributed by atoms with E-state index in [1.807, 2.05) is 30.1 Å². The van der Waals surface area contributed by atoms with Crippen LogP contribution in [0.15, 0.2) is 73.1 Å². The number of ether oxygens (including phenoxy) is 1. The summed E-state index contributed by atoms with van der Waals surface area (Å²) >= 11 is 0. The number of pyridine rings is 1. The van der Waals surface area contributed by atoms with Crippen molar-refractivity contribution < 1.29 is 14.3 Å². The topological polar surface area (TPSA) is 71.5 Å². The molecule has 0 aliphatic carbocycles. The van der Waals surface area contributed by atoms with Gasteiger partial charge in [-0.1, -0.05) is 36.4 Å². The first kappa shape index (κ1) is 19.1. The molecule has 28 heavy (non-hydrogen) atoms. The molecular weight excluding hydrogens is 354 g/mol. The molecule has 6 nitrogen and oxygen atoms in total. The van der Waals surface area contributed by atoms with E-state index in [1.54, 1.807) is 36.5 Å². The summed E-state index contributed by atoms with van der Waals surface area (Å²) in [5.41, 5.74) is 3.31. The molecule has 1 heterocycles. The quantitative estimate of drug-likeness (QED) is 0.664. The van der Waals surface area contributed by atoms with E-state index in [1.165, 1.54) is 18.9 Å². The Morgan fingerprint density at radius 2 is 1.79 bits per heavy atom. The van der Waals surface area contributed by atoms with Crippen LogP contribution in [0.25, 0.3) is 0 Å². The Hall–Kier alpha value is -3.67. The molecule has 2 aromatic carbocycles. The molecule has 3 aromatic rings. The molecule has 142 valence electrons. The first-order chi connectivity index (χ1) is 13.6. The van der Waals surface area contributed by atoms with Gasteiger partial charge in [0.15, 0.2) is 0 Å². The number of rotatable bonds is 6. The summed E-state index contributed by atoms with van der Waals surface area (Å²) in [4.78, 5) is 30.5. The number of hydrogen-bond donors (Lipinski definition) is 1. The Balaban J connectivity index is 1.73. The average molecular weight is 375 g/mol. The lowest BCUT2D eigenvalue weighted by atomic mass is 10.1. The number of aromatic nitrogens is 1. The Labute approximate surface area is 163 Å². The Morgan fingerprint density at radius 3 is 2.54 bits per heavy atom. The van der Waals surface area contributed by atoms with Crippen molar-refractivity contribution in [1.82, 2.24) is 4.98 Å². The third kappa shape index (κ3) is 4.73. The van der Waals surface area contributed by atoms with Crippen LogP contribution in [0.5, 0.6) is 0 Å². The summed E-state index contributed by atoms with van der Waals surface area (Å²) in [5, 5.41) is 2.79. The highest BCUT2D eigenvalue weighted by Gasteiger charge is 2.12. The van der Waals surface area contributed by atoms with Crippen molar-refractivity contribution in [1.29, 1.82) is 0 Å². The number of anilines is 2. The van der Waals surface area contributed by atoms with Crippen LogP contribution in [0.4, 0.5) is 11.4 Å². The van der Waals surface area contributed by atoms with Crippen LogP contribution in [0.3, 0.4) is 0 Å². The molecule has 0 saturated carbocycles. The molecule has 3 rings (SSSR count). The number of hydrogen-bond acceptors (Lipinski definition) is 5. The van der Waals surface area contributed by atoms with Crippen molar-refractivity contribution in [3.63, 3.8) is 0 Å². The average Bonchev–Trinajstić information content (AvgIpc) is 2.74. The number of methoxy groups -OCH3 is 1. The van der Waals surface area contributed by atoms with Crippen LogP contribution in [-0.4, -0.2) is 31.0 Å². The van der Waals surface area contributed by atoms with Crippen molar-refractivity contribution in [2.24, 2.45) is 0 Å². The molecule has 0 bridgehead atoms. The zero-order chi connectivity index (χ0) is 19.9. The number of carbonyl (C=O) groups is 2.